The van der Waals surface area contributed by atoms with E-state index in [-0.39, 0.29) is 17.5 Å². The Balaban J connectivity index is 1.37. The summed E-state index contributed by atoms with van der Waals surface area (Å²) in [5.41, 5.74) is 9.40. The van der Waals surface area contributed by atoms with Crippen molar-refractivity contribution in [3.05, 3.63) is 98.0 Å². The van der Waals surface area contributed by atoms with Crippen LogP contribution in [0.3, 0.4) is 0 Å². The standard InChI is InChI=1S/C38H37Cl2N5O4/c1-19-15-24(16-20(2)33(19)40)49-14-8-10-25-27-12-13-29(39)32(31-22(4)41-42-23(31)5)35(27)45-21(3)17-44(37(46)36(25)45)30-11-7-9-26-28(38(47)48)18-43(6)34(26)30/h7,9,11-13,15-16,18,21H,8,10,14,17H2,1-6H3,(H,41,42)(H,47,48)/t21-/m1/s1. The number of aromatic amines is 1. The molecule has 0 bridgehead atoms. The third-order valence-corrected chi connectivity index (χ3v) is 10.6. The Labute approximate surface area is 294 Å². The average Bonchev–Trinajstić information content (AvgIpc) is 3.70. The molecule has 6 aromatic rings. The molecule has 9 nitrogen and oxygen atoms in total. The van der Waals surface area contributed by atoms with E-state index in [2.05, 4.69) is 21.7 Å². The Kier molecular flexibility index (Phi) is 8.24. The van der Waals surface area contributed by atoms with Crippen molar-refractivity contribution in [3.63, 3.8) is 0 Å². The van der Waals surface area contributed by atoms with Gasteiger partial charge in [-0.05, 0) is 88.4 Å². The number of aryl methyl sites for hydroxylation is 6. The van der Waals surface area contributed by atoms with Gasteiger partial charge in [-0.3, -0.25) is 9.89 Å². The molecule has 0 spiro atoms. The quantitative estimate of drug-likeness (QED) is 0.155. The Bertz CT molecular complexity index is 2290. The number of para-hydroxylation sites is 1. The predicted molar refractivity (Wildman–Crippen MR) is 195 cm³/mol. The van der Waals surface area contributed by atoms with Gasteiger partial charge in [0.2, 0.25) is 0 Å². The van der Waals surface area contributed by atoms with E-state index in [4.69, 9.17) is 27.9 Å². The third-order valence-electron chi connectivity index (χ3n) is 9.68. The van der Waals surface area contributed by atoms with Crippen LogP contribution in [0.1, 0.15) is 68.3 Å². The fraction of sp³-hybridized carbons (Fsp3) is 0.289. The van der Waals surface area contributed by atoms with Crippen LogP contribution < -0.4 is 9.64 Å². The van der Waals surface area contributed by atoms with Gasteiger partial charge in [0, 0.05) is 58.4 Å². The number of benzene rings is 3. The number of rotatable bonds is 8. The highest BCUT2D eigenvalue weighted by atomic mass is 35.5. The molecule has 0 saturated carbocycles. The zero-order chi connectivity index (χ0) is 34.9. The van der Waals surface area contributed by atoms with Gasteiger partial charge in [-0.2, -0.15) is 5.10 Å². The molecule has 49 heavy (non-hydrogen) atoms. The number of carboxylic acids is 1. The predicted octanol–water partition coefficient (Wildman–Crippen LogP) is 8.99. The van der Waals surface area contributed by atoms with Crippen molar-refractivity contribution in [3.8, 4) is 16.9 Å². The minimum atomic E-state index is -1.01. The first-order valence-electron chi connectivity index (χ1n) is 16.3. The number of fused-ring (bicyclic) bond motifs is 4. The van der Waals surface area contributed by atoms with Crippen LogP contribution in [0.2, 0.25) is 10.0 Å². The van der Waals surface area contributed by atoms with Crippen LogP contribution in [0.4, 0.5) is 5.69 Å². The molecule has 11 heteroatoms. The molecule has 3 aromatic carbocycles. The minimum Gasteiger partial charge on any atom is -0.494 e. The first kappa shape index (κ1) is 32.8. The zero-order valence-electron chi connectivity index (χ0n) is 28.2. The number of amides is 1. The van der Waals surface area contributed by atoms with Crippen LogP contribution in [0.25, 0.3) is 32.9 Å². The van der Waals surface area contributed by atoms with Gasteiger partial charge in [0.15, 0.2) is 0 Å². The molecule has 3 aromatic heterocycles. The summed E-state index contributed by atoms with van der Waals surface area (Å²) in [7, 11) is 1.81. The van der Waals surface area contributed by atoms with Gasteiger partial charge >= 0.3 is 5.97 Å². The first-order valence-corrected chi connectivity index (χ1v) is 17.0. The van der Waals surface area contributed by atoms with E-state index in [1.54, 1.807) is 21.7 Å². The van der Waals surface area contributed by atoms with Gasteiger partial charge in [-0.1, -0.05) is 41.4 Å². The number of nitrogens with one attached hydrogen (secondary N) is 1. The molecule has 4 heterocycles. The Morgan fingerprint density at radius 3 is 2.45 bits per heavy atom. The van der Waals surface area contributed by atoms with E-state index in [1.165, 1.54) is 0 Å². The Morgan fingerprint density at radius 1 is 1.04 bits per heavy atom. The molecule has 252 valence electrons. The molecule has 0 fully saturated rings. The molecule has 0 aliphatic carbocycles. The van der Waals surface area contributed by atoms with Crippen molar-refractivity contribution in [2.75, 3.05) is 18.1 Å². The van der Waals surface area contributed by atoms with Crippen molar-refractivity contribution in [1.29, 1.82) is 0 Å². The number of aromatic nitrogens is 4. The van der Waals surface area contributed by atoms with Crippen LogP contribution in [0, 0.1) is 27.7 Å². The number of carboxylic acid groups (broad SMARTS) is 1. The third kappa shape index (κ3) is 5.27. The number of hydrogen-bond acceptors (Lipinski definition) is 4. The van der Waals surface area contributed by atoms with Crippen molar-refractivity contribution in [2.24, 2.45) is 7.05 Å². The van der Waals surface area contributed by atoms with Crippen LogP contribution in [0.15, 0.2) is 48.7 Å². The summed E-state index contributed by atoms with van der Waals surface area (Å²) in [6, 6.07) is 13.2. The number of nitrogens with zero attached hydrogens (tertiary/aromatic N) is 4. The summed E-state index contributed by atoms with van der Waals surface area (Å²) in [5.74, 6) is -0.401. The summed E-state index contributed by atoms with van der Waals surface area (Å²) in [5, 5.41) is 20.3. The minimum absolute atomic E-state index is 0.139. The first-order chi connectivity index (χ1) is 23.4. The van der Waals surface area contributed by atoms with Crippen molar-refractivity contribution < 1.29 is 19.4 Å². The lowest BCUT2D eigenvalue weighted by atomic mass is 9.98. The number of halogens is 2. The van der Waals surface area contributed by atoms with Crippen LogP contribution in [-0.4, -0.2) is 49.5 Å². The Morgan fingerprint density at radius 2 is 1.78 bits per heavy atom. The SMILES string of the molecule is Cc1cc(OCCCc2c3n(c4c(-c5c(C)n[nH]c5C)c(Cl)ccc24)[C@H](C)CN(c2cccc4c(C(=O)O)cn(C)c24)C3=O)cc(C)c1Cl. The molecule has 0 saturated heterocycles. The maximum atomic E-state index is 14.9. The van der Waals surface area contributed by atoms with Gasteiger partial charge in [0.25, 0.3) is 5.91 Å². The van der Waals surface area contributed by atoms with E-state index < -0.39 is 5.97 Å². The second-order valence-corrected chi connectivity index (χ2v) is 13.8. The average molecular weight is 699 g/mol. The van der Waals surface area contributed by atoms with Crippen LogP contribution in [0.5, 0.6) is 5.75 Å². The molecule has 1 aliphatic rings. The van der Waals surface area contributed by atoms with Gasteiger partial charge in [0.05, 0.1) is 39.6 Å². The van der Waals surface area contributed by atoms with Crippen LogP contribution in [-0.2, 0) is 13.5 Å². The smallest absolute Gasteiger partial charge is 0.337 e. The lowest BCUT2D eigenvalue weighted by Crippen LogP contribution is -2.43. The van der Waals surface area contributed by atoms with Gasteiger partial charge in [-0.15, -0.1) is 0 Å². The summed E-state index contributed by atoms with van der Waals surface area (Å²) in [4.78, 5) is 28.8. The van der Waals surface area contributed by atoms with Crippen LogP contribution >= 0.6 is 23.2 Å². The number of ether oxygens (including phenoxy) is 1. The number of carbonyl (C=O) groups excluding carboxylic acids is 1. The van der Waals surface area contributed by atoms with Gasteiger partial charge in [-0.25, -0.2) is 4.79 Å². The van der Waals surface area contributed by atoms with Gasteiger partial charge in [0.1, 0.15) is 11.4 Å². The van der Waals surface area contributed by atoms with Crippen molar-refractivity contribution in [1.82, 2.24) is 19.3 Å². The lowest BCUT2D eigenvalue weighted by Gasteiger charge is -2.35. The number of aromatic carboxylic acids is 1. The maximum absolute atomic E-state index is 14.9. The highest BCUT2D eigenvalue weighted by molar-refractivity contribution is 6.35. The summed E-state index contributed by atoms with van der Waals surface area (Å²) >= 11 is 13.4. The summed E-state index contributed by atoms with van der Waals surface area (Å²) in [6.45, 7) is 10.8. The molecule has 1 aliphatic heterocycles. The normalized spacial score (nSPS) is 14.7. The molecule has 7 rings (SSSR count). The van der Waals surface area contributed by atoms with E-state index >= 15 is 0 Å². The maximum Gasteiger partial charge on any atom is 0.337 e. The highest BCUT2D eigenvalue weighted by Crippen LogP contribution is 2.45. The Hall–Kier alpha value is -4.73. The summed E-state index contributed by atoms with van der Waals surface area (Å²) < 4.78 is 10.1. The van der Waals surface area contributed by atoms with E-state index in [1.807, 2.05) is 71.1 Å². The lowest BCUT2D eigenvalue weighted by molar-refractivity contribution is 0.0698. The molecule has 1 amide bonds. The second-order valence-electron chi connectivity index (χ2n) is 13.0. The monoisotopic (exact) mass is 697 g/mol. The van der Waals surface area contributed by atoms with E-state index in [0.717, 1.165) is 60.9 Å². The molecule has 1 atom stereocenters. The van der Waals surface area contributed by atoms with Crippen molar-refractivity contribution in [2.45, 2.75) is 53.5 Å². The molecule has 2 N–H and O–H groups in total. The summed E-state index contributed by atoms with van der Waals surface area (Å²) in [6.07, 6.45) is 2.84. The zero-order valence-corrected chi connectivity index (χ0v) is 29.8. The highest BCUT2D eigenvalue weighted by Gasteiger charge is 2.37. The number of anilines is 1. The topological polar surface area (TPSA) is 105 Å². The fourth-order valence-corrected chi connectivity index (χ4v) is 7.91. The van der Waals surface area contributed by atoms with E-state index in [0.29, 0.717) is 53.3 Å². The molecular weight excluding hydrogens is 661 g/mol. The molecular formula is C38H37Cl2N5O4. The molecule has 0 radical (unpaired) electrons. The largest absolute Gasteiger partial charge is 0.494 e. The van der Waals surface area contributed by atoms with Gasteiger partial charge < -0.3 is 23.9 Å². The number of hydrogen-bond donors (Lipinski definition) is 2. The number of carbonyl (C=O) groups is 2. The fourth-order valence-electron chi connectivity index (χ4n) is 7.56. The molecule has 0 unspecified atom stereocenters. The van der Waals surface area contributed by atoms with E-state index in [9.17, 15) is 14.7 Å². The van der Waals surface area contributed by atoms with Crippen molar-refractivity contribution >= 4 is 62.6 Å². The second kappa shape index (κ2) is 12.3. The number of H-pyrrole nitrogens is 1.